The smallest absolute Gasteiger partial charge is 0.407 e. The van der Waals surface area contributed by atoms with Gasteiger partial charge in [0.25, 0.3) is 0 Å². The minimum absolute atomic E-state index is 0.206. The standard InChI is InChI=1S/C16H31N2O7P/c1-7-23-26(21,24-8-2)12-9-13(14(19)22-6)17-10-11-18-15(20)25-16(3,4)5/h9,12-13,17H,7-8,10-11H2,1-6H3,(H,18,20)/b12-9+/t13-/m1/s1. The van der Waals surface area contributed by atoms with Crippen LogP contribution < -0.4 is 10.6 Å². The number of methoxy groups -OCH3 is 1. The van der Waals surface area contributed by atoms with Crippen LogP contribution in [-0.4, -0.2) is 57.1 Å². The maximum atomic E-state index is 12.4. The molecule has 0 aromatic carbocycles. The first kappa shape index (κ1) is 24.6. The molecule has 0 rings (SSSR count). The topological polar surface area (TPSA) is 112 Å². The minimum atomic E-state index is -3.42. The van der Waals surface area contributed by atoms with E-state index < -0.39 is 31.3 Å². The molecule has 0 heterocycles. The summed E-state index contributed by atoms with van der Waals surface area (Å²) in [4.78, 5) is 23.4. The predicted octanol–water partition coefficient (Wildman–Crippen LogP) is 2.42. The Morgan fingerprint density at radius 3 is 2.15 bits per heavy atom. The lowest BCUT2D eigenvalue weighted by molar-refractivity contribution is -0.141. The average Bonchev–Trinajstić information content (AvgIpc) is 2.52. The van der Waals surface area contributed by atoms with Gasteiger partial charge in [0, 0.05) is 18.9 Å². The zero-order chi connectivity index (χ0) is 20.2. The van der Waals surface area contributed by atoms with Crippen molar-refractivity contribution in [2.24, 2.45) is 0 Å². The van der Waals surface area contributed by atoms with Gasteiger partial charge in [-0.1, -0.05) is 0 Å². The van der Waals surface area contributed by atoms with Crippen LogP contribution in [0.4, 0.5) is 4.79 Å². The Labute approximate surface area is 155 Å². The molecule has 0 aromatic heterocycles. The first-order valence-corrected chi connectivity index (χ1v) is 10.0. The summed E-state index contributed by atoms with van der Waals surface area (Å²) in [5.41, 5.74) is -0.589. The summed E-state index contributed by atoms with van der Waals surface area (Å²) >= 11 is 0. The van der Waals surface area contributed by atoms with Crippen molar-refractivity contribution in [3.63, 3.8) is 0 Å². The molecule has 10 heteroatoms. The van der Waals surface area contributed by atoms with Crippen molar-refractivity contribution >= 4 is 19.7 Å². The lowest BCUT2D eigenvalue weighted by atomic mass is 10.2. The molecule has 1 amide bonds. The molecule has 0 aliphatic rings. The summed E-state index contributed by atoms with van der Waals surface area (Å²) in [7, 11) is -2.18. The fraction of sp³-hybridized carbons (Fsp3) is 0.750. The number of rotatable bonds is 11. The number of amides is 1. The van der Waals surface area contributed by atoms with Gasteiger partial charge in [-0.25, -0.2) is 4.79 Å². The molecule has 0 aromatic rings. The molecule has 0 saturated heterocycles. The van der Waals surface area contributed by atoms with Crippen molar-refractivity contribution in [2.75, 3.05) is 33.4 Å². The van der Waals surface area contributed by atoms with E-state index in [9.17, 15) is 14.2 Å². The van der Waals surface area contributed by atoms with E-state index in [0.717, 1.165) is 0 Å². The number of ether oxygens (including phenoxy) is 2. The molecule has 0 aliphatic heterocycles. The Morgan fingerprint density at radius 2 is 1.69 bits per heavy atom. The zero-order valence-electron chi connectivity index (χ0n) is 16.4. The third-order valence-electron chi connectivity index (χ3n) is 2.69. The molecule has 1 atom stereocenters. The number of nitrogens with one attached hydrogen (secondary N) is 2. The number of hydrogen-bond donors (Lipinski definition) is 2. The summed E-state index contributed by atoms with van der Waals surface area (Å²) in [5.74, 6) is 0.661. The second-order valence-electron chi connectivity index (χ2n) is 6.10. The minimum Gasteiger partial charge on any atom is -0.468 e. The van der Waals surface area contributed by atoms with Crippen LogP contribution in [0.5, 0.6) is 0 Å². The van der Waals surface area contributed by atoms with Crippen molar-refractivity contribution in [2.45, 2.75) is 46.3 Å². The van der Waals surface area contributed by atoms with Crippen LogP contribution in [0.3, 0.4) is 0 Å². The van der Waals surface area contributed by atoms with E-state index in [4.69, 9.17) is 18.5 Å². The molecule has 2 N–H and O–H groups in total. The van der Waals surface area contributed by atoms with Gasteiger partial charge < -0.3 is 23.8 Å². The van der Waals surface area contributed by atoms with Gasteiger partial charge >= 0.3 is 19.7 Å². The van der Waals surface area contributed by atoms with E-state index in [1.54, 1.807) is 34.6 Å². The van der Waals surface area contributed by atoms with Gasteiger partial charge in [0.1, 0.15) is 11.6 Å². The summed E-state index contributed by atoms with van der Waals surface area (Å²) in [6.45, 7) is 9.57. The second kappa shape index (κ2) is 12.1. The number of carbonyl (C=O) groups excluding carboxylic acids is 2. The summed E-state index contributed by atoms with van der Waals surface area (Å²) in [5, 5.41) is 5.44. The van der Waals surface area contributed by atoms with Gasteiger partial charge in [0.2, 0.25) is 0 Å². The normalized spacial score (nSPS) is 13.5. The lowest BCUT2D eigenvalue weighted by Gasteiger charge is -2.20. The first-order valence-electron chi connectivity index (χ1n) is 8.43. The van der Waals surface area contributed by atoms with Gasteiger partial charge in [0.05, 0.1) is 20.3 Å². The Bertz CT molecular complexity index is 507. The quantitative estimate of drug-likeness (QED) is 0.312. The molecule has 9 nitrogen and oxygen atoms in total. The van der Waals surface area contributed by atoms with Crippen LogP contribution in [-0.2, 0) is 27.9 Å². The monoisotopic (exact) mass is 394 g/mol. The van der Waals surface area contributed by atoms with Crippen LogP contribution in [0.2, 0.25) is 0 Å². The predicted molar refractivity (Wildman–Crippen MR) is 98.0 cm³/mol. The highest BCUT2D eigenvalue weighted by atomic mass is 31.2. The molecule has 0 saturated carbocycles. The first-order chi connectivity index (χ1) is 12.1. The molecule has 26 heavy (non-hydrogen) atoms. The van der Waals surface area contributed by atoms with Crippen LogP contribution in [0.25, 0.3) is 0 Å². The maximum absolute atomic E-state index is 12.4. The summed E-state index contributed by atoms with van der Waals surface area (Å²) < 4.78 is 32.5. The summed E-state index contributed by atoms with van der Waals surface area (Å²) in [6.07, 6.45) is 0.812. The zero-order valence-corrected chi connectivity index (χ0v) is 17.3. The molecule has 0 spiro atoms. The van der Waals surface area contributed by atoms with Gasteiger partial charge in [-0.2, -0.15) is 0 Å². The molecule has 0 fully saturated rings. The number of carbonyl (C=O) groups is 2. The summed E-state index contributed by atoms with van der Waals surface area (Å²) in [6, 6.07) is -0.866. The third-order valence-corrected chi connectivity index (χ3v) is 4.47. The van der Waals surface area contributed by atoms with Crippen molar-refractivity contribution in [3.8, 4) is 0 Å². The highest BCUT2D eigenvalue weighted by molar-refractivity contribution is 7.57. The van der Waals surface area contributed by atoms with Crippen LogP contribution in [0.15, 0.2) is 11.9 Å². The molecule has 0 radical (unpaired) electrons. The fourth-order valence-corrected chi connectivity index (χ4v) is 3.09. The van der Waals surface area contributed by atoms with Crippen molar-refractivity contribution in [1.29, 1.82) is 0 Å². The van der Waals surface area contributed by atoms with E-state index in [2.05, 4.69) is 10.6 Å². The van der Waals surface area contributed by atoms with Crippen LogP contribution >= 0.6 is 7.60 Å². The molecule has 152 valence electrons. The van der Waals surface area contributed by atoms with Gasteiger partial charge in [-0.15, -0.1) is 0 Å². The highest BCUT2D eigenvalue weighted by Crippen LogP contribution is 2.49. The van der Waals surface area contributed by atoms with E-state index in [-0.39, 0.29) is 26.3 Å². The Kier molecular flexibility index (Phi) is 11.4. The van der Waals surface area contributed by atoms with Gasteiger partial charge in [-0.05, 0) is 40.7 Å². The number of alkyl carbamates (subject to hydrolysis) is 1. The average molecular weight is 394 g/mol. The molecular formula is C16H31N2O7P. The Balaban J connectivity index is 4.67. The third kappa shape index (κ3) is 11.3. The Morgan fingerprint density at radius 1 is 1.12 bits per heavy atom. The van der Waals surface area contributed by atoms with E-state index >= 15 is 0 Å². The lowest BCUT2D eigenvalue weighted by Crippen LogP contribution is -2.42. The fourth-order valence-electron chi connectivity index (χ4n) is 1.74. The van der Waals surface area contributed by atoms with Crippen molar-refractivity contribution in [1.82, 2.24) is 10.6 Å². The maximum Gasteiger partial charge on any atom is 0.407 e. The van der Waals surface area contributed by atoms with Gasteiger partial charge in [0.15, 0.2) is 0 Å². The van der Waals surface area contributed by atoms with E-state index in [0.29, 0.717) is 0 Å². The molecule has 0 aliphatic carbocycles. The molecule has 0 bridgehead atoms. The van der Waals surface area contributed by atoms with Crippen LogP contribution in [0.1, 0.15) is 34.6 Å². The second-order valence-corrected chi connectivity index (χ2v) is 7.99. The number of esters is 1. The van der Waals surface area contributed by atoms with E-state index in [1.165, 1.54) is 19.0 Å². The SMILES string of the molecule is CCOP(=O)(/C=C/[C@@H](NCCNC(=O)OC(C)(C)C)C(=O)OC)OCC. The Hall–Kier alpha value is -1.41. The highest BCUT2D eigenvalue weighted by Gasteiger charge is 2.22. The van der Waals surface area contributed by atoms with Crippen molar-refractivity contribution < 1.29 is 32.7 Å². The van der Waals surface area contributed by atoms with Crippen molar-refractivity contribution in [3.05, 3.63) is 11.9 Å². The number of hydrogen-bond acceptors (Lipinski definition) is 8. The van der Waals surface area contributed by atoms with Crippen LogP contribution in [0, 0.1) is 0 Å². The molecule has 0 unspecified atom stereocenters. The van der Waals surface area contributed by atoms with E-state index in [1.807, 2.05) is 0 Å². The van der Waals surface area contributed by atoms with Gasteiger partial charge in [-0.3, -0.25) is 14.7 Å². The molecular weight excluding hydrogens is 363 g/mol. The largest absolute Gasteiger partial charge is 0.468 e.